The van der Waals surface area contributed by atoms with E-state index in [1.165, 1.54) is 30.5 Å². The van der Waals surface area contributed by atoms with Crippen LogP contribution in [-0.2, 0) is 6.54 Å². The van der Waals surface area contributed by atoms with E-state index in [-0.39, 0.29) is 23.4 Å². The molecule has 2 N–H and O–H groups in total. The average molecular weight is 410 g/mol. The Morgan fingerprint density at radius 3 is 2.17 bits per heavy atom. The molecule has 1 heterocycles. The first-order chi connectivity index (χ1) is 14.3. The van der Waals surface area contributed by atoms with Gasteiger partial charge in [0.25, 0.3) is 23.2 Å². The molecule has 0 atom stereocenters. The zero-order valence-corrected chi connectivity index (χ0v) is 15.2. The van der Waals surface area contributed by atoms with Gasteiger partial charge in [-0.1, -0.05) is 6.07 Å². The van der Waals surface area contributed by atoms with Gasteiger partial charge in [0, 0.05) is 23.4 Å². The van der Waals surface area contributed by atoms with Crippen molar-refractivity contribution in [3.05, 3.63) is 98.0 Å². The first-order valence-electron chi connectivity index (χ1n) is 8.49. The summed E-state index contributed by atoms with van der Waals surface area (Å²) < 4.78 is 5.13. The lowest BCUT2D eigenvalue weighted by Gasteiger charge is -2.08. The summed E-state index contributed by atoms with van der Waals surface area (Å²) in [5, 5.41) is 27.1. The number of nitrogens with zero attached hydrogens (tertiary/aromatic N) is 2. The maximum Gasteiger partial charge on any atom is 0.277 e. The van der Waals surface area contributed by atoms with E-state index in [9.17, 15) is 29.8 Å². The number of carbonyl (C=O) groups is 2. The Kier molecular flexibility index (Phi) is 5.82. The molecule has 2 aromatic carbocycles. The molecule has 11 heteroatoms. The number of furan rings is 1. The Balaban J connectivity index is 1.75. The van der Waals surface area contributed by atoms with Crippen LogP contribution in [0.4, 0.5) is 17.1 Å². The zero-order chi connectivity index (χ0) is 21.7. The molecule has 1 aromatic heterocycles. The summed E-state index contributed by atoms with van der Waals surface area (Å²) in [7, 11) is 0. The Labute approximate surface area is 168 Å². The molecule has 0 aliphatic heterocycles. The number of anilines is 1. The number of benzene rings is 2. The van der Waals surface area contributed by atoms with Gasteiger partial charge in [0.05, 0.1) is 34.3 Å². The summed E-state index contributed by atoms with van der Waals surface area (Å²) in [5.41, 5.74) is -0.937. The van der Waals surface area contributed by atoms with E-state index >= 15 is 0 Å². The maximum atomic E-state index is 12.5. The van der Waals surface area contributed by atoms with Crippen molar-refractivity contribution < 1.29 is 23.9 Å². The Hall–Kier alpha value is -4.54. The van der Waals surface area contributed by atoms with Crippen molar-refractivity contribution in [2.75, 3.05) is 5.32 Å². The third kappa shape index (κ3) is 4.84. The third-order valence-corrected chi connectivity index (χ3v) is 3.97. The lowest BCUT2D eigenvalue weighted by atomic mass is 10.1. The molecule has 30 heavy (non-hydrogen) atoms. The van der Waals surface area contributed by atoms with E-state index in [1.54, 1.807) is 12.1 Å². The highest BCUT2D eigenvalue weighted by Gasteiger charge is 2.20. The Morgan fingerprint density at radius 2 is 1.57 bits per heavy atom. The number of amides is 2. The summed E-state index contributed by atoms with van der Waals surface area (Å²) in [6, 6.07) is 12.0. The van der Waals surface area contributed by atoms with E-state index in [1.807, 2.05) is 0 Å². The molecule has 3 rings (SSSR count). The van der Waals surface area contributed by atoms with Gasteiger partial charge in [-0.3, -0.25) is 29.8 Å². The molecule has 11 nitrogen and oxygen atoms in total. The van der Waals surface area contributed by atoms with Crippen LogP contribution in [0.15, 0.2) is 65.3 Å². The molecule has 0 radical (unpaired) electrons. The van der Waals surface area contributed by atoms with Gasteiger partial charge >= 0.3 is 0 Å². The fraction of sp³-hybridized carbons (Fsp3) is 0.0526. The third-order valence-electron chi connectivity index (χ3n) is 3.97. The van der Waals surface area contributed by atoms with Gasteiger partial charge in [0.15, 0.2) is 0 Å². The van der Waals surface area contributed by atoms with Crippen molar-refractivity contribution in [3.63, 3.8) is 0 Å². The van der Waals surface area contributed by atoms with Crippen molar-refractivity contribution in [3.8, 4) is 0 Å². The standard InChI is InChI=1S/C19H14N4O7/c24-18(20-11-17-5-2-6-30-17)12-3-1-4-14(7-12)21-19(25)13-8-15(22(26)27)10-16(9-13)23(28)29/h1-10H,11H2,(H,20,24)(H,21,25). The predicted octanol–water partition coefficient (Wildman–Crippen LogP) is 3.28. The number of hydrogen-bond acceptors (Lipinski definition) is 7. The number of hydrogen-bond donors (Lipinski definition) is 2. The van der Waals surface area contributed by atoms with Gasteiger partial charge in [-0.15, -0.1) is 0 Å². The second kappa shape index (κ2) is 8.65. The molecule has 3 aromatic rings. The first-order valence-corrected chi connectivity index (χ1v) is 8.49. The van der Waals surface area contributed by atoms with Gasteiger partial charge in [-0.2, -0.15) is 0 Å². The maximum absolute atomic E-state index is 12.5. The lowest BCUT2D eigenvalue weighted by Crippen LogP contribution is -2.22. The van der Waals surface area contributed by atoms with Gasteiger partial charge in [0.2, 0.25) is 0 Å². The summed E-state index contributed by atoms with van der Waals surface area (Å²) in [6.07, 6.45) is 1.48. The number of non-ortho nitro benzene ring substituents is 2. The van der Waals surface area contributed by atoms with Crippen LogP contribution < -0.4 is 10.6 Å². The minimum absolute atomic E-state index is 0.180. The van der Waals surface area contributed by atoms with E-state index in [0.717, 1.165) is 18.2 Å². The molecule has 152 valence electrons. The monoisotopic (exact) mass is 410 g/mol. The summed E-state index contributed by atoms with van der Waals surface area (Å²) in [5.74, 6) is -0.636. The average Bonchev–Trinajstić information content (AvgIpc) is 3.25. The van der Waals surface area contributed by atoms with Crippen LogP contribution in [0.5, 0.6) is 0 Å². The second-order valence-electron chi connectivity index (χ2n) is 6.05. The van der Waals surface area contributed by atoms with Gasteiger partial charge < -0.3 is 15.1 Å². The highest BCUT2D eigenvalue weighted by atomic mass is 16.6. The number of rotatable bonds is 7. The molecule has 0 aliphatic carbocycles. The Morgan fingerprint density at radius 1 is 0.867 bits per heavy atom. The second-order valence-corrected chi connectivity index (χ2v) is 6.05. The van der Waals surface area contributed by atoms with Crippen molar-refractivity contribution >= 4 is 28.9 Å². The van der Waals surface area contributed by atoms with Crippen molar-refractivity contribution in [2.24, 2.45) is 0 Å². The molecule has 0 saturated carbocycles. The first kappa shape index (κ1) is 20.2. The molecular formula is C19H14N4O7. The Bertz CT molecular complexity index is 1090. The van der Waals surface area contributed by atoms with Crippen LogP contribution in [0.25, 0.3) is 0 Å². The van der Waals surface area contributed by atoms with Crippen LogP contribution in [0.2, 0.25) is 0 Å². The largest absolute Gasteiger partial charge is 0.467 e. The van der Waals surface area contributed by atoms with Crippen molar-refractivity contribution in [1.29, 1.82) is 0 Å². The van der Waals surface area contributed by atoms with Crippen molar-refractivity contribution in [1.82, 2.24) is 5.32 Å². The fourth-order valence-electron chi connectivity index (χ4n) is 2.56. The van der Waals surface area contributed by atoms with Crippen LogP contribution >= 0.6 is 0 Å². The molecule has 0 aliphatic rings. The molecular weight excluding hydrogens is 396 g/mol. The smallest absolute Gasteiger partial charge is 0.277 e. The zero-order valence-electron chi connectivity index (χ0n) is 15.2. The van der Waals surface area contributed by atoms with Crippen LogP contribution in [0.1, 0.15) is 26.5 Å². The molecule has 0 saturated heterocycles. The number of carbonyl (C=O) groups excluding carboxylic acids is 2. The summed E-state index contributed by atoms with van der Waals surface area (Å²) in [6.45, 7) is 0.180. The molecule has 0 fully saturated rings. The lowest BCUT2D eigenvalue weighted by molar-refractivity contribution is -0.394. The predicted molar refractivity (Wildman–Crippen MR) is 104 cm³/mol. The van der Waals surface area contributed by atoms with Crippen LogP contribution in [-0.4, -0.2) is 21.7 Å². The fourth-order valence-corrected chi connectivity index (χ4v) is 2.56. The molecule has 0 unspecified atom stereocenters. The SMILES string of the molecule is O=C(NCc1ccco1)c1cccc(NC(=O)c2cc([N+](=O)[O-])cc([N+](=O)[O-])c2)c1. The van der Waals surface area contributed by atoms with E-state index in [4.69, 9.17) is 4.42 Å². The molecule has 0 bridgehead atoms. The number of nitro groups is 2. The van der Waals surface area contributed by atoms with E-state index < -0.39 is 33.0 Å². The van der Waals surface area contributed by atoms with Gasteiger partial charge in [-0.05, 0) is 30.3 Å². The van der Waals surface area contributed by atoms with E-state index in [0.29, 0.717) is 5.76 Å². The topological polar surface area (TPSA) is 158 Å². The normalized spacial score (nSPS) is 10.3. The minimum Gasteiger partial charge on any atom is -0.467 e. The number of nitrogens with one attached hydrogen (secondary N) is 2. The number of nitro benzene ring substituents is 2. The van der Waals surface area contributed by atoms with Crippen molar-refractivity contribution in [2.45, 2.75) is 6.54 Å². The van der Waals surface area contributed by atoms with Crippen LogP contribution in [0, 0.1) is 20.2 Å². The summed E-state index contributed by atoms with van der Waals surface area (Å²) in [4.78, 5) is 45.0. The van der Waals surface area contributed by atoms with E-state index in [2.05, 4.69) is 10.6 Å². The minimum atomic E-state index is -0.826. The highest BCUT2D eigenvalue weighted by Crippen LogP contribution is 2.23. The molecule has 2 amide bonds. The molecule has 0 spiro atoms. The summed E-state index contributed by atoms with van der Waals surface area (Å²) >= 11 is 0. The van der Waals surface area contributed by atoms with Gasteiger partial charge in [0.1, 0.15) is 5.76 Å². The highest BCUT2D eigenvalue weighted by molar-refractivity contribution is 6.05. The van der Waals surface area contributed by atoms with Crippen LogP contribution in [0.3, 0.4) is 0 Å². The van der Waals surface area contributed by atoms with Gasteiger partial charge in [-0.25, -0.2) is 0 Å². The quantitative estimate of drug-likeness (QED) is 0.447.